The molecule has 3 aromatic rings. The van der Waals surface area contributed by atoms with Gasteiger partial charge in [0.05, 0.1) is 24.9 Å². The summed E-state index contributed by atoms with van der Waals surface area (Å²) in [5, 5.41) is 7.10. The van der Waals surface area contributed by atoms with E-state index in [0.29, 0.717) is 13.2 Å². The Morgan fingerprint density at radius 1 is 0.906 bits per heavy atom. The molecule has 1 heterocycles. The molecule has 0 radical (unpaired) electrons. The maximum absolute atomic E-state index is 6.20. The highest BCUT2D eigenvalue weighted by molar-refractivity contribution is 5.64. The first kappa shape index (κ1) is 23.8. The molecule has 0 spiro atoms. The molecule has 0 amide bonds. The Morgan fingerprint density at radius 3 is 2.28 bits per heavy atom. The minimum absolute atomic E-state index is 0.0158. The lowest BCUT2D eigenvalue weighted by molar-refractivity contribution is 0.00927. The first-order chi connectivity index (χ1) is 15.6. The van der Waals surface area contributed by atoms with Crippen molar-refractivity contribution in [2.75, 3.05) is 37.5 Å². The first-order valence-corrected chi connectivity index (χ1v) is 11.2. The molecule has 0 fully saturated rings. The number of aryl methyl sites for hydroxylation is 2. The fourth-order valence-corrected chi connectivity index (χ4v) is 3.59. The molecule has 0 saturated heterocycles. The molecule has 1 unspecified atom stereocenters. The normalized spacial score (nSPS) is 12.9. The van der Waals surface area contributed by atoms with Crippen LogP contribution >= 0.6 is 0 Å². The van der Waals surface area contributed by atoms with Gasteiger partial charge >= 0.3 is 0 Å². The van der Waals surface area contributed by atoms with E-state index < -0.39 is 0 Å². The Morgan fingerprint density at radius 2 is 1.59 bits per heavy atom. The third kappa shape index (κ3) is 7.08. The number of aromatic nitrogens is 1. The lowest BCUT2D eigenvalue weighted by atomic mass is 10.0. The average Bonchev–Trinajstić information content (AvgIpc) is 2.80. The molecule has 3 rings (SSSR count). The van der Waals surface area contributed by atoms with Gasteiger partial charge in [-0.05, 0) is 50.5 Å². The van der Waals surface area contributed by atoms with Crippen molar-refractivity contribution in [3.63, 3.8) is 0 Å². The fourth-order valence-electron chi connectivity index (χ4n) is 3.59. The predicted molar refractivity (Wildman–Crippen MR) is 132 cm³/mol. The van der Waals surface area contributed by atoms with Crippen LogP contribution in [-0.2, 0) is 15.9 Å². The Hall–Kier alpha value is -2.89. The standard InChI is InChI=1S/C27H35N3O2/c1-20-7-11-23(12-8-20)15-17-28-25-6-5-16-29-27(25)30-22(3)26(32-19-18-31-4)24-13-9-21(2)10-14-24/h5-14,16,22,26,28H,15,17-19H2,1-4H3,(H,29,30)/t22?,26-/m1/s1. The van der Waals surface area contributed by atoms with Gasteiger partial charge in [0.15, 0.2) is 0 Å². The van der Waals surface area contributed by atoms with Gasteiger partial charge in [-0.15, -0.1) is 0 Å². The molecule has 170 valence electrons. The number of rotatable bonds is 12. The van der Waals surface area contributed by atoms with Crippen molar-refractivity contribution in [1.82, 2.24) is 4.98 Å². The van der Waals surface area contributed by atoms with Crippen molar-refractivity contribution in [2.45, 2.75) is 39.3 Å². The van der Waals surface area contributed by atoms with E-state index in [9.17, 15) is 0 Å². The van der Waals surface area contributed by atoms with Gasteiger partial charge in [0.2, 0.25) is 0 Å². The molecule has 1 aromatic heterocycles. The highest BCUT2D eigenvalue weighted by Crippen LogP contribution is 2.27. The van der Waals surface area contributed by atoms with Gasteiger partial charge < -0.3 is 20.1 Å². The van der Waals surface area contributed by atoms with E-state index in [2.05, 4.69) is 91.0 Å². The lowest BCUT2D eigenvalue weighted by Gasteiger charge is -2.27. The summed E-state index contributed by atoms with van der Waals surface area (Å²) in [6.45, 7) is 8.26. The zero-order chi connectivity index (χ0) is 22.8. The SMILES string of the molecule is COCCO[C@@H](c1ccc(C)cc1)C(C)Nc1ncccc1NCCc1ccc(C)cc1. The number of nitrogens with one attached hydrogen (secondary N) is 2. The van der Waals surface area contributed by atoms with E-state index in [-0.39, 0.29) is 12.1 Å². The van der Waals surface area contributed by atoms with Crippen LogP contribution < -0.4 is 10.6 Å². The van der Waals surface area contributed by atoms with Crippen molar-refractivity contribution in [3.05, 3.63) is 89.1 Å². The Kier molecular flexibility index (Phi) is 9.08. The third-order valence-corrected chi connectivity index (χ3v) is 5.47. The minimum Gasteiger partial charge on any atom is -0.382 e. The fraction of sp³-hybridized carbons (Fsp3) is 0.370. The van der Waals surface area contributed by atoms with E-state index in [4.69, 9.17) is 9.47 Å². The molecule has 32 heavy (non-hydrogen) atoms. The van der Waals surface area contributed by atoms with Crippen molar-refractivity contribution in [2.24, 2.45) is 0 Å². The number of ether oxygens (including phenoxy) is 2. The topological polar surface area (TPSA) is 55.4 Å². The van der Waals surface area contributed by atoms with Crippen LogP contribution in [0.1, 0.15) is 35.3 Å². The lowest BCUT2D eigenvalue weighted by Crippen LogP contribution is -2.28. The molecule has 0 saturated carbocycles. The van der Waals surface area contributed by atoms with Crippen molar-refractivity contribution in [3.8, 4) is 0 Å². The summed E-state index contributed by atoms with van der Waals surface area (Å²) >= 11 is 0. The molecule has 0 aliphatic rings. The second-order valence-corrected chi connectivity index (χ2v) is 8.19. The summed E-state index contributed by atoms with van der Waals surface area (Å²) in [7, 11) is 1.69. The van der Waals surface area contributed by atoms with Gasteiger partial charge in [-0.2, -0.15) is 0 Å². The Bertz CT molecular complexity index is 942. The molecule has 0 aliphatic carbocycles. The largest absolute Gasteiger partial charge is 0.382 e. The van der Waals surface area contributed by atoms with Gasteiger partial charge in [0.1, 0.15) is 11.9 Å². The summed E-state index contributed by atoms with van der Waals surface area (Å²) in [5.74, 6) is 0.830. The van der Waals surface area contributed by atoms with E-state index in [1.165, 1.54) is 16.7 Å². The zero-order valence-electron chi connectivity index (χ0n) is 19.6. The highest BCUT2D eigenvalue weighted by atomic mass is 16.5. The van der Waals surface area contributed by atoms with E-state index in [1.807, 2.05) is 12.3 Å². The number of anilines is 2. The van der Waals surface area contributed by atoms with E-state index >= 15 is 0 Å². The maximum atomic E-state index is 6.20. The molecule has 2 atom stereocenters. The third-order valence-electron chi connectivity index (χ3n) is 5.47. The predicted octanol–water partition coefficient (Wildman–Crippen LogP) is 5.56. The molecular formula is C27H35N3O2. The maximum Gasteiger partial charge on any atom is 0.149 e. The molecule has 0 bridgehead atoms. The minimum atomic E-state index is -0.117. The van der Waals surface area contributed by atoms with Crippen LogP contribution in [0.2, 0.25) is 0 Å². The summed E-state index contributed by atoms with van der Waals surface area (Å²) in [6, 6.07) is 21.2. The van der Waals surface area contributed by atoms with Crippen molar-refractivity contribution < 1.29 is 9.47 Å². The van der Waals surface area contributed by atoms with E-state index in [1.54, 1.807) is 7.11 Å². The summed E-state index contributed by atoms with van der Waals surface area (Å²) in [6.07, 6.45) is 2.65. The van der Waals surface area contributed by atoms with Gasteiger partial charge in [0, 0.05) is 19.9 Å². The van der Waals surface area contributed by atoms with Crippen LogP contribution in [0.3, 0.4) is 0 Å². The Balaban J connectivity index is 1.66. The second kappa shape index (κ2) is 12.2. The smallest absolute Gasteiger partial charge is 0.149 e. The number of hydrogen-bond acceptors (Lipinski definition) is 5. The molecular weight excluding hydrogens is 398 g/mol. The summed E-state index contributed by atoms with van der Waals surface area (Å²) in [5.41, 5.74) is 5.96. The number of nitrogens with zero attached hydrogens (tertiary/aromatic N) is 1. The van der Waals surface area contributed by atoms with E-state index in [0.717, 1.165) is 30.0 Å². The molecule has 5 heteroatoms. The molecule has 2 N–H and O–H groups in total. The van der Waals surface area contributed by atoms with Crippen molar-refractivity contribution in [1.29, 1.82) is 0 Å². The monoisotopic (exact) mass is 433 g/mol. The highest BCUT2D eigenvalue weighted by Gasteiger charge is 2.21. The number of methoxy groups -OCH3 is 1. The molecule has 0 aliphatic heterocycles. The van der Waals surface area contributed by atoms with Gasteiger partial charge in [-0.25, -0.2) is 4.98 Å². The van der Waals surface area contributed by atoms with Crippen LogP contribution in [0.5, 0.6) is 0 Å². The van der Waals surface area contributed by atoms with Crippen molar-refractivity contribution >= 4 is 11.5 Å². The average molecular weight is 434 g/mol. The van der Waals surface area contributed by atoms with Gasteiger partial charge in [-0.1, -0.05) is 59.7 Å². The number of hydrogen-bond donors (Lipinski definition) is 2. The van der Waals surface area contributed by atoms with Gasteiger partial charge in [-0.3, -0.25) is 0 Å². The summed E-state index contributed by atoms with van der Waals surface area (Å²) < 4.78 is 11.4. The van der Waals surface area contributed by atoms with Crippen LogP contribution in [0, 0.1) is 13.8 Å². The van der Waals surface area contributed by atoms with Crippen LogP contribution in [-0.4, -0.2) is 37.9 Å². The van der Waals surface area contributed by atoms with Gasteiger partial charge in [0.25, 0.3) is 0 Å². The van der Waals surface area contributed by atoms with Crippen LogP contribution in [0.4, 0.5) is 11.5 Å². The summed E-state index contributed by atoms with van der Waals surface area (Å²) in [4.78, 5) is 4.59. The quantitative estimate of drug-likeness (QED) is 0.366. The zero-order valence-corrected chi connectivity index (χ0v) is 19.6. The number of pyridine rings is 1. The van der Waals surface area contributed by atoms with Crippen LogP contribution in [0.25, 0.3) is 0 Å². The molecule has 2 aromatic carbocycles. The second-order valence-electron chi connectivity index (χ2n) is 8.19. The van der Waals surface area contributed by atoms with Crippen LogP contribution in [0.15, 0.2) is 66.9 Å². The Labute approximate surface area is 192 Å². The first-order valence-electron chi connectivity index (χ1n) is 11.2. The molecule has 5 nitrogen and oxygen atoms in total. The number of benzene rings is 2.